The number of benzene rings is 1. The van der Waals surface area contributed by atoms with E-state index in [2.05, 4.69) is 12.6 Å². The molecule has 6 heteroatoms. The Morgan fingerprint density at radius 2 is 1.58 bits per heavy atom. The van der Waals surface area contributed by atoms with Gasteiger partial charge in [0.25, 0.3) is 5.69 Å². The molecule has 0 bridgehead atoms. The molecule has 1 aromatic carbocycles. The average molecular weight is 353 g/mol. The Labute approximate surface area is 149 Å². The lowest BCUT2D eigenvalue weighted by molar-refractivity contribution is -0.385. The number of unbranched alkanes of at least 4 members (excludes halogenated alkanes) is 7. The first kappa shape index (κ1) is 20.5. The molecule has 0 saturated carbocycles. The van der Waals surface area contributed by atoms with Crippen LogP contribution < -0.4 is 0 Å². The zero-order chi connectivity index (χ0) is 17.6. The Kier molecular flexibility index (Phi) is 10.9. The Morgan fingerprint density at radius 1 is 1.00 bits per heavy atom. The molecule has 0 aliphatic heterocycles. The smallest absolute Gasteiger partial charge is 0.306 e. The highest BCUT2D eigenvalue weighted by Crippen LogP contribution is 2.19. The van der Waals surface area contributed by atoms with Gasteiger partial charge in [0.1, 0.15) is 6.61 Å². The van der Waals surface area contributed by atoms with Crippen LogP contribution in [0.5, 0.6) is 0 Å². The highest BCUT2D eigenvalue weighted by atomic mass is 32.1. The quantitative estimate of drug-likeness (QED) is 0.176. The van der Waals surface area contributed by atoms with Crippen LogP contribution in [-0.2, 0) is 16.1 Å². The zero-order valence-corrected chi connectivity index (χ0v) is 15.0. The Morgan fingerprint density at radius 3 is 2.21 bits per heavy atom. The summed E-state index contributed by atoms with van der Waals surface area (Å²) in [5, 5.41) is 10.9. The summed E-state index contributed by atoms with van der Waals surface area (Å²) in [7, 11) is 0. The van der Waals surface area contributed by atoms with Crippen molar-refractivity contribution in [3.8, 4) is 0 Å². The van der Waals surface area contributed by atoms with Gasteiger partial charge in [-0.05, 0) is 24.7 Å². The fraction of sp³-hybridized carbons (Fsp3) is 0.611. The molecule has 0 fully saturated rings. The third kappa shape index (κ3) is 8.91. The van der Waals surface area contributed by atoms with Gasteiger partial charge >= 0.3 is 5.97 Å². The number of rotatable bonds is 13. The van der Waals surface area contributed by atoms with Gasteiger partial charge < -0.3 is 4.74 Å². The number of carbonyl (C=O) groups is 1. The highest BCUT2D eigenvalue weighted by Gasteiger charge is 2.13. The number of nitrogens with zero attached hydrogens (tertiary/aromatic N) is 1. The van der Waals surface area contributed by atoms with Crippen molar-refractivity contribution in [2.24, 2.45) is 0 Å². The van der Waals surface area contributed by atoms with Gasteiger partial charge in [-0.2, -0.15) is 12.6 Å². The van der Waals surface area contributed by atoms with E-state index in [0.717, 1.165) is 25.0 Å². The summed E-state index contributed by atoms with van der Waals surface area (Å²) in [4.78, 5) is 22.1. The molecule has 134 valence electrons. The van der Waals surface area contributed by atoms with Crippen molar-refractivity contribution < 1.29 is 14.5 Å². The van der Waals surface area contributed by atoms with Crippen LogP contribution in [-0.4, -0.2) is 16.6 Å². The van der Waals surface area contributed by atoms with E-state index in [1.54, 1.807) is 18.2 Å². The molecular formula is C18H27NO4S. The largest absolute Gasteiger partial charge is 0.461 e. The number of esters is 1. The molecule has 1 rings (SSSR count). The lowest BCUT2D eigenvalue weighted by Crippen LogP contribution is -2.06. The fourth-order valence-electron chi connectivity index (χ4n) is 2.48. The first-order valence-corrected chi connectivity index (χ1v) is 9.27. The molecular weight excluding hydrogens is 326 g/mol. The van der Waals surface area contributed by atoms with Crippen molar-refractivity contribution >= 4 is 24.3 Å². The molecule has 24 heavy (non-hydrogen) atoms. The van der Waals surface area contributed by atoms with Crippen LogP contribution in [0.25, 0.3) is 0 Å². The number of hydrogen-bond donors (Lipinski definition) is 1. The predicted molar refractivity (Wildman–Crippen MR) is 98.3 cm³/mol. The number of carbonyl (C=O) groups excluding carboxylic acids is 1. The summed E-state index contributed by atoms with van der Waals surface area (Å²) in [6.45, 7) is -0.0405. The minimum absolute atomic E-state index is 0.0109. The van der Waals surface area contributed by atoms with Crippen LogP contribution in [0.3, 0.4) is 0 Å². The monoisotopic (exact) mass is 353 g/mol. The second kappa shape index (κ2) is 12.8. The summed E-state index contributed by atoms with van der Waals surface area (Å²) in [5.41, 5.74) is 0.417. The van der Waals surface area contributed by atoms with Crippen LogP contribution >= 0.6 is 12.6 Å². The predicted octanol–water partition coefficient (Wildman–Crippen LogP) is 5.08. The molecule has 0 saturated heterocycles. The van der Waals surface area contributed by atoms with Crippen molar-refractivity contribution in [1.82, 2.24) is 0 Å². The molecule has 0 radical (unpaired) electrons. The summed E-state index contributed by atoms with van der Waals surface area (Å²) in [5.74, 6) is 0.677. The van der Waals surface area contributed by atoms with E-state index >= 15 is 0 Å². The Bertz CT molecular complexity index is 508. The molecule has 0 atom stereocenters. The van der Waals surface area contributed by atoms with Crippen molar-refractivity contribution in [2.75, 3.05) is 5.75 Å². The maximum Gasteiger partial charge on any atom is 0.306 e. The molecule has 0 aliphatic rings. The molecule has 1 aromatic rings. The number of para-hydroxylation sites is 1. The van der Waals surface area contributed by atoms with Crippen LogP contribution in [0.1, 0.15) is 63.4 Å². The lowest BCUT2D eigenvalue weighted by Gasteiger charge is -2.06. The molecule has 0 aliphatic carbocycles. The molecule has 0 aromatic heterocycles. The highest BCUT2D eigenvalue weighted by molar-refractivity contribution is 7.80. The van der Waals surface area contributed by atoms with Crippen LogP contribution in [0.2, 0.25) is 0 Å². The SMILES string of the molecule is O=C(CCCCCCCCCCS)OCc1ccccc1[N+](=O)[O-]. The van der Waals surface area contributed by atoms with E-state index < -0.39 is 4.92 Å². The van der Waals surface area contributed by atoms with E-state index in [0.29, 0.717) is 12.0 Å². The first-order chi connectivity index (χ1) is 11.6. The van der Waals surface area contributed by atoms with Crippen molar-refractivity contribution in [2.45, 2.75) is 64.4 Å². The van der Waals surface area contributed by atoms with Gasteiger partial charge in [0.15, 0.2) is 0 Å². The fourth-order valence-corrected chi connectivity index (χ4v) is 2.71. The normalized spacial score (nSPS) is 10.5. The molecule has 0 unspecified atom stereocenters. The summed E-state index contributed by atoms with van der Waals surface area (Å²) >= 11 is 4.19. The second-order valence-electron chi connectivity index (χ2n) is 5.85. The number of ether oxygens (including phenoxy) is 1. The Balaban J connectivity index is 2.10. The van der Waals surface area contributed by atoms with E-state index in [1.165, 1.54) is 38.2 Å². The third-order valence-corrected chi connectivity index (χ3v) is 4.18. The van der Waals surface area contributed by atoms with Gasteiger partial charge in [0.2, 0.25) is 0 Å². The Hall–Kier alpha value is -1.56. The van der Waals surface area contributed by atoms with E-state index in [1.807, 2.05) is 0 Å². The zero-order valence-electron chi connectivity index (χ0n) is 14.1. The van der Waals surface area contributed by atoms with Crippen LogP contribution in [0.4, 0.5) is 5.69 Å². The summed E-state index contributed by atoms with van der Waals surface area (Å²) in [6.07, 6.45) is 9.50. The third-order valence-electron chi connectivity index (χ3n) is 3.87. The van der Waals surface area contributed by atoms with Crippen molar-refractivity contribution in [3.05, 3.63) is 39.9 Å². The molecule has 5 nitrogen and oxygen atoms in total. The van der Waals surface area contributed by atoms with Crippen molar-refractivity contribution in [1.29, 1.82) is 0 Å². The number of hydrogen-bond acceptors (Lipinski definition) is 5. The second-order valence-corrected chi connectivity index (χ2v) is 6.30. The standard InChI is InChI=1S/C18H27NO4S/c20-18(13-7-5-3-1-2-4-6-10-14-24)23-15-16-11-8-9-12-17(16)19(21)22/h8-9,11-12,24H,1-7,10,13-15H2. The first-order valence-electron chi connectivity index (χ1n) is 8.64. The van der Waals surface area contributed by atoms with Crippen molar-refractivity contribution in [3.63, 3.8) is 0 Å². The number of nitro groups is 1. The average Bonchev–Trinajstić information content (AvgIpc) is 2.58. The molecule has 0 amide bonds. The number of thiol groups is 1. The molecule has 0 heterocycles. The van der Waals surface area contributed by atoms with Gasteiger partial charge in [-0.25, -0.2) is 0 Å². The van der Waals surface area contributed by atoms with E-state index in [4.69, 9.17) is 4.74 Å². The summed E-state index contributed by atoms with van der Waals surface area (Å²) < 4.78 is 5.14. The molecule has 0 N–H and O–H groups in total. The van der Waals surface area contributed by atoms with E-state index in [9.17, 15) is 14.9 Å². The lowest BCUT2D eigenvalue weighted by atomic mass is 10.1. The van der Waals surface area contributed by atoms with Crippen LogP contribution in [0.15, 0.2) is 24.3 Å². The van der Waals surface area contributed by atoms with Gasteiger partial charge in [0.05, 0.1) is 10.5 Å². The topological polar surface area (TPSA) is 69.4 Å². The van der Waals surface area contributed by atoms with E-state index in [-0.39, 0.29) is 18.3 Å². The van der Waals surface area contributed by atoms with Gasteiger partial charge in [-0.15, -0.1) is 0 Å². The van der Waals surface area contributed by atoms with Gasteiger partial charge in [-0.3, -0.25) is 14.9 Å². The maximum absolute atomic E-state index is 11.7. The minimum atomic E-state index is -0.459. The summed E-state index contributed by atoms with van der Waals surface area (Å²) in [6, 6.07) is 6.33. The minimum Gasteiger partial charge on any atom is -0.461 e. The van der Waals surface area contributed by atoms with Gasteiger partial charge in [0, 0.05) is 12.5 Å². The maximum atomic E-state index is 11.7. The van der Waals surface area contributed by atoms with Crippen LogP contribution in [0, 0.1) is 10.1 Å². The number of nitro benzene ring substituents is 1. The molecule has 0 spiro atoms. The van der Waals surface area contributed by atoms with Gasteiger partial charge in [-0.1, -0.05) is 50.7 Å².